The van der Waals surface area contributed by atoms with Crippen LogP contribution < -0.4 is 5.73 Å². The summed E-state index contributed by atoms with van der Waals surface area (Å²) in [6, 6.07) is 0. The van der Waals surface area contributed by atoms with Crippen molar-refractivity contribution in [3.05, 3.63) is 18.0 Å². The Kier molecular flexibility index (Phi) is 3.92. The minimum Gasteiger partial charge on any atom is -0.396 e. The summed E-state index contributed by atoms with van der Waals surface area (Å²) in [5, 5.41) is 13.0. The van der Waals surface area contributed by atoms with Crippen LogP contribution >= 0.6 is 0 Å². The molecule has 0 aromatic carbocycles. The number of nitrogens with zero attached hydrogens (tertiary/aromatic N) is 2. The maximum atomic E-state index is 8.81. The smallest absolute Gasteiger partial charge is 0.0525 e. The lowest BCUT2D eigenvalue weighted by Gasteiger charge is -2.09. The number of aliphatic hydroxyl groups excluding tert-OH is 1. The molecule has 0 aliphatic rings. The molecule has 4 nitrogen and oxygen atoms in total. The Bertz CT molecular complexity index is 247. The second-order valence-electron chi connectivity index (χ2n) is 3.07. The Labute approximate surface area is 78.4 Å². The van der Waals surface area contributed by atoms with Gasteiger partial charge in [0.05, 0.1) is 6.20 Å². The molecule has 0 aliphatic carbocycles. The molecular weight excluding hydrogens is 166 g/mol. The fourth-order valence-electron chi connectivity index (χ4n) is 1.34. The zero-order valence-electron chi connectivity index (χ0n) is 7.98. The van der Waals surface area contributed by atoms with Gasteiger partial charge in [0.1, 0.15) is 0 Å². The second-order valence-corrected chi connectivity index (χ2v) is 3.07. The van der Waals surface area contributed by atoms with Crippen LogP contribution in [0.4, 0.5) is 0 Å². The summed E-state index contributed by atoms with van der Waals surface area (Å²) < 4.78 is 1.87. The lowest BCUT2D eigenvalue weighted by atomic mass is 10.00. The minimum atomic E-state index is 0.180. The molecule has 0 saturated heterocycles. The quantitative estimate of drug-likeness (QED) is 0.691. The topological polar surface area (TPSA) is 64.1 Å². The lowest BCUT2D eigenvalue weighted by molar-refractivity contribution is 0.276. The predicted molar refractivity (Wildman–Crippen MR) is 51.4 cm³/mol. The Hall–Kier alpha value is -0.870. The molecule has 1 unspecified atom stereocenters. The molecule has 0 fully saturated rings. The van der Waals surface area contributed by atoms with Gasteiger partial charge >= 0.3 is 0 Å². The summed E-state index contributed by atoms with van der Waals surface area (Å²) in [4.78, 5) is 0. The highest BCUT2D eigenvalue weighted by Gasteiger charge is 2.10. The van der Waals surface area contributed by atoms with Gasteiger partial charge in [-0.3, -0.25) is 4.68 Å². The zero-order chi connectivity index (χ0) is 9.68. The largest absolute Gasteiger partial charge is 0.396 e. The highest BCUT2D eigenvalue weighted by Crippen LogP contribution is 2.16. The first-order valence-corrected chi connectivity index (χ1v) is 4.65. The van der Waals surface area contributed by atoms with Gasteiger partial charge < -0.3 is 10.8 Å². The van der Waals surface area contributed by atoms with Gasteiger partial charge in [-0.25, -0.2) is 0 Å². The van der Waals surface area contributed by atoms with Crippen molar-refractivity contribution in [1.29, 1.82) is 0 Å². The zero-order valence-corrected chi connectivity index (χ0v) is 7.98. The summed E-state index contributed by atoms with van der Waals surface area (Å²) in [6.45, 7) is 3.66. The maximum Gasteiger partial charge on any atom is 0.0525 e. The minimum absolute atomic E-state index is 0.180. The van der Waals surface area contributed by atoms with Crippen LogP contribution in [-0.2, 0) is 6.54 Å². The van der Waals surface area contributed by atoms with Crippen LogP contribution in [0.2, 0.25) is 0 Å². The van der Waals surface area contributed by atoms with E-state index in [0.29, 0.717) is 13.0 Å². The lowest BCUT2D eigenvalue weighted by Crippen LogP contribution is -2.13. The Morgan fingerprint density at radius 3 is 2.92 bits per heavy atom. The van der Waals surface area contributed by atoms with Crippen LogP contribution in [-0.4, -0.2) is 28.0 Å². The van der Waals surface area contributed by atoms with E-state index in [1.807, 2.05) is 24.0 Å². The average molecular weight is 183 g/mol. The number of hydrogen-bond acceptors (Lipinski definition) is 3. The van der Waals surface area contributed by atoms with Gasteiger partial charge in [0.25, 0.3) is 0 Å². The first kappa shape index (κ1) is 10.2. The van der Waals surface area contributed by atoms with Crippen LogP contribution in [0.25, 0.3) is 0 Å². The van der Waals surface area contributed by atoms with Gasteiger partial charge in [0, 0.05) is 25.3 Å². The predicted octanol–water partition coefficient (Wildman–Crippen LogP) is 0.328. The molecule has 1 atom stereocenters. The van der Waals surface area contributed by atoms with Gasteiger partial charge in [-0.15, -0.1) is 0 Å². The highest BCUT2D eigenvalue weighted by atomic mass is 16.3. The SMILES string of the molecule is CCn1cc(C(CN)CCO)cn1. The third kappa shape index (κ3) is 2.54. The van der Waals surface area contributed by atoms with Gasteiger partial charge in [0.2, 0.25) is 0 Å². The Morgan fingerprint density at radius 1 is 1.69 bits per heavy atom. The fourth-order valence-corrected chi connectivity index (χ4v) is 1.34. The molecule has 3 N–H and O–H groups in total. The van der Waals surface area contributed by atoms with E-state index in [1.165, 1.54) is 0 Å². The van der Waals surface area contributed by atoms with Crippen molar-refractivity contribution in [3.63, 3.8) is 0 Å². The molecule has 4 heteroatoms. The van der Waals surface area contributed by atoms with E-state index in [0.717, 1.165) is 12.1 Å². The fraction of sp³-hybridized carbons (Fsp3) is 0.667. The standard InChI is InChI=1S/C9H17N3O/c1-2-12-7-9(6-11-12)8(5-10)3-4-13/h6-8,13H,2-5,10H2,1H3. The molecule has 13 heavy (non-hydrogen) atoms. The first-order chi connectivity index (χ1) is 6.31. The molecule has 0 bridgehead atoms. The summed E-state index contributed by atoms with van der Waals surface area (Å²) >= 11 is 0. The van der Waals surface area contributed by atoms with Crippen LogP contribution in [0, 0.1) is 0 Å². The molecule has 1 aromatic heterocycles. The number of nitrogens with two attached hydrogens (primary N) is 1. The van der Waals surface area contributed by atoms with E-state index in [9.17, 15) is 0 Å². The number of rotatable bonds is 5. The summed E-state index contributed by atoms with van der Waals surface area (Å²) in [5.74, 6) is 0.241. The first-order valence-electron chi connectivity index (χ1n) is 4.65. The van der Waals surface area contributed by atoms with Gasteiger partial charge in [-0.1, -0.05) is 0 Å². The van der Waals surface area contributed by atoms with Crippen LogP contribution in [0.3, 0.4) is 0 Å². The summed E-state index contributed by atoms with van der Waals surface area (Å²) in [7, 11) is 0. The van der Waals surface area contributed by atoms with Crippen LogP contribution in [0.1, 0.15) is 24.8 Å². The summed E-state index contributed by atoms with van der Waals surface area (Å²) in [5.41, 5.74) is 6.72. The van der Waals surface area contributed by atoms with Crippen molar-refractivity contribution < 1.29 is 5.11 Å². The number of aromatic nitrogens is 2. The molecule has 0 radical (unpaired) electrons. The van der Waals surface area contributed by atoms with Crippen LogP contribution in [0.5, 0.6) is 0 Å². The van der Waals surface area contributed by atoms with Crippen molar-refractivity contribution >= 4 is 0 Å². The molecule has 1 heterocycles. The van der Waals surface area contributed by atoms with Gasteiger partial charge in [-0.05, 0) is 25.5 Å². The Morgan fingerprint density at radius 2 is 2.46 bits per heavy atom. The molecule has 1 rings (SSSR count). The van der Waals surface area contributed by atoms with E-state index in [2.05, 4.69) is 5.10 Å². The van der Waals surface area contributed by atoms with Gasteiger partial charge in [0.15, 0.2) is 0 Å². The van der Waals surface area contributed by atoms with Crippen molar-refractivity contribution in [1.82, 2.24) is 9.78 Å². The Balaban J connectivity index is 2.67. The number of aliphatic hydroxyl groups is 1. The van der Waals surface area contributed by atoms with E-state index in [4.69, 9.17) is 10.8 Å². The van der Waals surface area contributed by atoms with Crippen LogP contribution in [0.15, 0.2) is 12.4 Å². The molecule has 0 aliphatic heterocycles. The van der Waals surface area contributed by atoms with Crippen molar-refractivity contribution in [3.8, 4) is 0 Å². The van der Waals surface area contributed by atoms with E-state index in [1.54, 1.807) is 0 Å². The van der Waals surface area contributed by atoms with Crippen molar-refractivity contribution in [2.45, 2.75) is 25.8 Å². The molecule has 1 aromatic rings. The second kappa shape index (κ2) is 4.99. The molecule has 0 saturated carbocycles. The summed E-state index contributed by atoms with van der Waals surface area (Å²) in [6.07, 6.45) is 4.54. The third-order valence-corrected chi connectivity index (χ3v) is 2.21. The maximum absolute atomic E-state index is 8.81. The number of hydrogen-bond donors (Lipinski definition) is 2. The van der Waals surface area contributed by atoms with E-state index < -0.39 is 0 Å². The van der Waals surface area contributed by atoms with Crippen molar-refractivity contribution in [2.24, 2.45) is 5.73 Å². The molecule has 0 spiro atoms. The monoisotopic (exact) mass is 183 g/mol. The number of aryl methyl sites for hydroxylation is 1. The normalized spacial score (nSPS) is 13.2. The average Bonchev–Trinajstić information content (AvgIpc) is 2.62. The highest BCUT2D eigenvalue weighted by molar-refractivity contribution is 5.11. The van der Waals surface area contributed by atoms with Gasteiger partial charge in [-0.2, -0.15) is 5.10 Å². The molecule has 74 valence electrons. The molecule has 0 amide bonds. The van der Waals surface area contributed by atoms with E-state index >= 15 is 0 Å². The van der Waals surface area contributed by atoms with E-state index in [-0.39, 0.29) is 12.5 Å². The molecular formula is C9H17N3O. The van der Waals surface area contributed by atoms with Crippen molar-refractivity contribution in [2.75, 3.05) is 13.2 Å². The third-order valence-electron chi connectivity index (χ3n) is 2.21.